The quantitative estimate of drug-likeness (QED) is 0.432. The highest BCUT2D eigenvalue weighted by Gasteiger charge is 2.21. The van der Waals surface area contributed by atoms with Gasteiger partial charge < -0.3 is 19.9 Å². The lowest BCUT2D eigenvalue weighted by atomic mass is 10.2. The van der Waals surface area contributed by atoms with E-state index >= 15 is 0 Å². The first kappa shape index (κ1) is 25.2. The number of benzene rings is 2. The van der Waals surface area contributed by atoms with Crippen LogP contribution >= 0.6 is 11.8 Å². The molecule has 0 saturated carbocycles. The molecular formula is C24H26FN3O5S. The standard InChI is InChI=1S/C24H26FN3O5S/c1-27(14-21(29)26-18-10-8-17(25)9-11-18)22(30)15-33-24(32)19-6-2-3-7-20(19)34-16-23(31)28-12-4-5-13-28/h2-3,6-11H,4-5,12-16H2,1H3,(H,26,29). The smallest absolute Gasteiger partial charge is 0.339 e. The summed E-state index contributed by atoms with van der Waals surface area (Å²) in [6.45, 7) is 0.727. The van der Waals surface area contributed by atoms with Gasteiger partial charge in [0.25, 0.3) is 5.91 Å². The number of anilines is 1. The summed E-state index contributed by atoms with van der Waals surface area (Å²) in [6.07, 6.45) is 2.02. The summed E-state index contributed by atoms with van der Waals surface area (Å²) in [5, 5.41) is 2.56. The minimum atomic E-state index is -0.686. The summed E-state index contributed by atoms with van der Waals surface area (Å²) in [4.78, 5) is 52.8. The average molecular weight is 488 g/mol. The van der Waals surface area contributed by atoms with E-state index in [0.717, 1.165) is 30.8 Å². The number of halogens is 1. The largest absolute Gasteiger partial charge is 0.452 e. The van der Waals surface area contributed by atoms with E-state index in [4.69, 9.17) is 4.74 Å². The maximum Gasteiger partial charge on any atom is 0.339 e. The van der Waals surface area contributed by atoms with Gasteiger partial charge in [0.1, 0.15) is 5.82 Å². The Kier molecular flexibility index (Phi) is 9.03. The third-order valence-electron chi connectivity index (χ3n) is 5.18. The molecule has 1 N–H and O–H groups in total. The molecule has 3 rings (SSSR count). The summed E-state index contributed by atoms with van der Waals surface area (Å²) < 4.78 is 18.1. The number of hydrogen-bond donors (Lipinski definition) is 1. The Morgan fingerprint density at radius 2 is 1.74 bits per heavy atom. The van der Waals surface area contributed by atoms with Crippen molar-refractivity contribution in [2.75, 3.05) is 44.4 Å². The minimum absolute atomic E-state index is 0.0291. The van der Waals surface area contributed by atoms with E-state index < -0.39 is 30.2 Å². The SMILES string of the molecule is CN(CC(=O)Nc1ccc(F)cc1)C(=O)COC(=O)c1ccccc1SCC(=O)N1CCCC1. The third-order valence-corrected chi connectivity index (χ3v) is 6.24. The van der Waals surface area contributed by atoms with Crippen molar-refractivity contribution in [2.45, 2.75) is 17.7 Å². The van der Waals surface area contributed by atoms with Gasteiger partial charge in [-0.15, -0.1) is 11.8 Å². The molecule has 3 amide bonds. The van der Waals surface area contributed by atoms with Gasteiger partial charge in [0.2, 0.25) is 11.8 Å². The molecular weight excluding hydrogens is 461 g/mol. The maximum absolute atomic E-state index is 13.0. The highest BCUT2D eigenvalue weighted by atomic mass is 32.2. The highest BCUT2D eigenvalue weighted by molar-refractivity contribution is 8.00. The van der Waals surface area contributed by atoms with E-state index in [2.05, 4.69) is 5.32 Å². The molecule has 0 aromatic heterocycles. The Bertz CT molecular complexity index is 1040. The molecule has 34 heavy (non-hydrogen) atoms. The van der Waals surface area contributed by atoms with Crippen LogP contribution in [0.25, 0.3) is 0 Å². The molecule has 8 nitrogen and oxygen atoms in total. The van der Waals surface area contributed by atoms with E-state index in [-0.39, 0.29) is 23.8 Å². The van der Waals surface area contributed by atoms with Crippen LogP contribution in [0.2, 0.25) is 0 Å². The molecule has 2 aromatic rings. The monoisotopic (exact) mass is 487 g/mol. The van der Waals surface area contributed by atoms with Gasteiger partial charge in [0, 0.05) is 30.7 Å². The van der Waals surface area contributed by atoms with Crippen molar-refractivity contribution in [3.63, 3.8) is 0 Å². The third kappa shape index (κ3) is 7.31. The Labute approximate surface area is 201 Å². The van der Waals surface area contributed by atoms with Gasteiger partial charge in [0.05, 0.1) is 17.9 Å². The van der Waals surface area contributed by atoms with Crippen molar-refractivity contribution in [1.29, 1.82) is 0 Å². The first-order valence-electron chi connectivity index (χ1n) is 10.8. The molecule has 0 bridgehead atoms. The molecule has 1 fully saturated rings. The highest BCUT2D eigenvalue weighted by Crippen LogP contribution is 2.24. The van der Waals surface area contributed by atoms with Crippen LogP contribution < -0.4 is 5.32 Å². The number of rotatable bonds is 9. The molecule has 1 aliphatic heterocycles. The van der Waals surface area contributed by atoms with Gasteiger partial charge in [-0.3, -0.25) is 14.4 Å². The van der Waals surface area contributed by atoms with Gasteiger partial charge in [-0.05, 0) is 49.2 Å². The fraction of sp³-hybridized carbons (Fsp3) is 0.333. The minimum Gasteiger partial charge on any atom is -0.452 e. The first-order chi connectivity index (χ1) is 16.3. The van der Waals surface area contributed by atoms with E-state index in [9.17, 15) is 23.6 Å². The van der Waals surface area contributed by atoms with Crippen molar-refractivity contribution in [3.8, 4) is 0 Å². The van der Waals surface area contributed by atoms with Crippen LogP contribution in [0.15, 0.2) is 53.4 Å². The second-order valence-corrected chi connectivity index (χ2v) is 8.77. The van der Waals surface area contributed by atoms with Crippen molar-refractivity contribution in [1.82, 2.24) is 9.80 Å². The molecule has 1 heterocycles. The number of amides is 3. The molecule has 0 spiro atoms. The van der Waals surface area contributed by atoms with Crippen LogP contribution in [0.3, 0.4) is 0 Å². The fourth-order valence-corrected chi connectivity index (χ4v) is 4.25. The Morgan fingerprint density at radius 1 is 1.06 bits per heavy atom. The predicted molar refractivity (Wildman–Crippen MR) is 126 cm³/mol. The van der Waals surface area contributed by atoms with Gasteiger partial charge in [-0.25, -0.2) is 9.18 Å². The van der Waals surface area contributed by atoms with Crippen molar-refractivity contribution in [3.05, 3.63) is 59.9 Å². The summed E-state index contributed by atoms with van der Waals surface area (Å²) in [5.41, 5.74) is 0.669. The zero-order chi connectivity index (χ0) is 24.5. The molecule has 0 aliphatic carbocycles. The van der Waals surface area contributed by atoms with E-state index in [1.165, 1.54) is 43.1 Å². The number of nitrogens with zero attached hydrogens (tertiary/aromatic N) is 2. The van der Waals surface area contributed by atoms with Crippen LogP contribution in [-0.4, -0.2) is 72.5 Å². The lowest BCUT2D eigenvalue weighted by Crippen LogP contribution is -2.37. The molecule has 0 unspecified atom stereocenters. The van der Waals surface area contributed by atoms with E-state index in [1.54, 1.807) is 24.3 Å². The van der Waals surface area contributed by atoms with Crippen molar-refractivity contribution < 1.29 is 28.3 Å². The summed E-state index contributed by atoms with van der Waals surface area (Å²) in [6, 6.07) is 12.0. The van der Waals surface area contributed by atoms with Gasteiger partial charge in [0.15, 0.2) is 6.61 Å². The van der Waals surface area contributed by atoms with Crippen LogP contribution in [0, 0.1) is 5.82 Å². The van der Waals surface area contributed by atoms with Crippen LogP contribution in [0.1, 0.15) is 23.2 Å². The number of hydrogen-bond acceptors (Lipinski definition) is 6. The number of nitrogens with one attached hydrogen (secondary N) is 1. The average Bonchev–Trinajstić information content (AvgIpc) is 3.37. The zero-order valence-electron chi connectivity index (χ0n) is 18.8. The number of ether oxygens (including phenoxy) is 1. The van der Waals surface area contributed by atoms with E-state index in [0.29, 0.717) is 10.6 Å². The summed E-state index contributed by atoms with van der Waals surface area (Å²) in [5.74, 6) is -1.90. The number of likely N-dealkylation sites (N-methyl/N-ethyl adjacent to an activating group) is 1. The fourth-order valence-electron chi connectivity index (χ4n) is 3.31. The Balaban J connectivity index is 1.47. The predicted octanol–water partition coefficient (Wildman–Crippen LogP) is 2.79. The Morgan fingerprint density at radius 3 is 2.44 bits per heavy atom. The molecule has 180 valence electrons. The van der Waals surface area contributed by atoms with Crippen LogP contribution in [0.4, 0.5) is 10.1 Å². The zero-order valence-corrected chi connectivity index (χ0v) is 19.6. The van der Waals surface area contributed by atoms with Crippen molar-refractivity contribution in [2.24, 2.45) is 0 Å². The van der Waals surface area contributed by atoms with Crippen molar-refractivity contribution >= 4 is 41.1 Å². The van der Waals surface area contributed by atoms with Crippen LogP contribution in [-0.2, 0) is 19.1 Å². The Hall–Kier alpha value is -3.40. The summed E-state index contributed by atoms with van der Waals surface area (Å²) >= 11 is 1.26. The number of thioether (sulfide) groups is 1. The first-order valence-corrected chi connectivity index (χ1v) is 11.8. The number of carbonyl (C=O) groups excluding carboxylic acids is 4. The molecule has 1 saturated heterocycles. The number of esters is 1. The van der Waals surface area contributed by atoms with E-state index in [1.807, 2.05) is 4.90 Å². The summed E-state index contributed by atoms with van der Waals surface area (Å²) in [7, 11) is 1.41. The molecule has 1 aliphatic rings. The molecule has 0 radical (unpaired) electrons. The second-order valence-electron chi connectivity index (χ2n) is 7.75. The van der Waals surface area contributed by atoms with Gasteiger partial charge in [-0.1, -0.05) is 12.1 Å². The maximum atomic E-state index is 13.0. The van der Waals surface area contributed by atoms with Gasteiger partial charge in [-0.2, -0.15) is 0 Å². The van der Waals surface area contributed by atoms with Crippen LogP contribution in [0.5, 0.6) is 0 Å². The topological polar surface area (TPSA) is 96.0 Å². The molecule has 0 atom stereocenters. The van der Waals surface area contributed by atoms with Gasteiger partial charge >= 0.3 is 5.97 Å². The normalized spacial score (nSPS) is 12.8. The number of likely N-dealkylation sites (tertiary alicyclic amines) is 1. The lowest BCUT2D eigenvalue weighted by Gasteiger charge is -2.17. The lowest BCUT2D eigenvalue weighted by molar-refractivity contribution is -0.136. The second kappa shape index (κ2) is 12.2. The number of carbonyl (C=O) groups is 4. The molecule has 2 aromatic carbocycles. The molecule has 10 heteroatoms.